The number of anilines is 3. The van der Waals surface area contributed by atoms with Gasteiger partial charge >= 0.3 is 0 Å². The lowest BCUT2D eigenvalue weighted by atomic mass is 10.1. The zero-order chi connectivity index (χ0) is 33.1. The monoisotopic (exact) mass is 673 g/mol. The van der Waals surface area contributed by atoms with Crippen LogP contribution in [0.2, 0.25) is 5.02 Å². The number of rotatable bonds is 10. The van der Waals surface area contributed by atoms with E-state index in [-0.39, 0.29) is 27.6 Å². The zero-order valence-corrected chi connectivity index (χ0v) is 27.7. The average Bonchev–Trinajstić information content (AvgIpc) is 3.03. The number of halogens is 1. The summed E-state index contributed by atoms with van der Waals surface area (Å²) in [6.45, 7) is 5.45. The molecule has 0 aliphatic carbocycles. The first kappa shape index (κ1) is 32.7. The minimum Gasteiger partial charge on any atom is -0.322 e. The van der Waals surface area contributed by atoms with Crippen molar-refractivity contribution >= 4 is 54.6 Å². The molecule has 0 radical (unpaired) electrons. The van der Waals surface area contributed by atoms with E-state index in [0.29, 0.717) is 22.0 Å². The molecule has 5 aromatic carbocycles. The Morgan fingerprint density at radius 1 is 0.696 bits per heavy atom. The average molecular weight is 674 g/mol. The molecule has 8 nitrogen and oxygen atoms in total. The highest BCUT2D eigenvalue weighted by atomic mass is 35.5. The predicted molar refractivity (Wildman–Crippen MR) is 184 cm³/mol. The van der Waals surface area contributed by atoms with Crippen molar-refractivity contribution in [1.29, 1.82) is 0 Å². The Morgan fingerprint density at radius 2 is 1.28 bits per heavy atom. The fraction of sp³-hybridized carbons (Fsp3) is 0.114. The second kappa shape index (κ2) is 13.4. The van der Waals surface area contributed by atoms with Gasteiger partial charge < -0.3 is 5.32 Å². The maximum absolute atomic E-state index is 14.1. The molecular formula is C35H32ClN3O5S2. The van der Waals surface area contributed by atoms with Gasteiger partial charge in [0.15, 0.2) is 0 Å². The number of sulfonamides is 2. The molecule has 0 aliphatic heterocycles. The lowest BCUT2D eigenvalue weighted by Gasteiger charge is -2.27. The van der Waals surface area contributed by atoms with Crippen molar-refractivity contribution in [3.63, 3.8) is 0 Å². The quantitative estimate of drug-likeness (QED) is 0.158. The maximum atomic E-state index is 14.1. The number of para-hydroxylation sites is 2. The molecule has 1 amide bonds. The molecule has 0 bridgehead atoms. The van der Waals surface area contributed by atoms with Crippen molar-refractivity contribution in [3.05, 3.63) is 148 Å². The molecule has 0 unspecified atom stereocenters. The Hall–Kier alpha value is -4.64. The summed E-state index contributed by atoms with van der Waals surface area (Å²) in [6, 6.07) is 31.0. The van der Waals surface area contributed by atoms with Gasteiger partial charge in [-0.05, 0) is 98.1 Å². The van der Waals surface area contributed by atoms with Crippen LogP contribution in [0.5, 0.6) is 0 Å². The predicted octanol–water partition coefficient (Wildman–Crippen LogP) is 7.71. The summed E-state index contributed by atoms with van der Waals surface area (Å²) in [4.78, 5) is 13.8. The summed E-state index contributed by atoms with van der Waals surface area (Å²) >= 11 is 6.07. The van der Waals surface area contributed by atoms with Crippen LogP contribution in [0.25, 0.3) is 0 Å². The fourth-order valence-corrected chi connectivity index (χ4v) is 7.66. The summed E-state index contributed by atoms with van der Waals surface area (Å²) in [7, 11) is -8.01. The number of hydrogen-bond acceptors (Lipinski definition) is 5. The lowest BCUT2D eigenvalue weighted by Crippen LogP contribution is -2.32. The highest BCUT2D eigenvalue weighted by molar-refractivity contribution is 7.93. The molecule has 5 rings (SSSR count). The van der Waals surface area contributed by atoms with Gasteiger partial charge in [-0.2, -0.15) is 0 Å². The van der Waals surface area contributed by atoms with Crippen LogP contribution in [0.1, 0.15) is 32.6 Å². The number of nitrogens with zero attached hydrogens (tertiary/aromatic N) is 1. The zero-order valence-electron chi connectivity index (χ0n) is 25.4. The van der Waals surface area contributed by atoms with Crippen molar-refractivity contribution in [3.8, 4) is 0 Å². The Bertz CT molecular complexity index is 2080. The number of carbonyl (C=O) groups is 1. The molecule has 236 valence electrons. The van der Waals surface area contributed by atoms with E-state index < -0.39 is 26.0 Å². The van der Waals surface area contributed by atoms with Crippen LogP contribution in [0.4, 0.5) is 17.1 Å². The first-order chi connectivity index (χ1) is 21.8. The number of carbonyl (C=O) groups excluding carboxylic acids is 1. The normalized spacial score (nSPS) is 11.6. The topological polar surface area (TPSA) is 113 Å². The van der Waals surface area contributed by atoms with Gasteiger partial charge in [0.1, 0.15) is 0 Å². The van der Waals surface area contributed by atoms with Crippen LogP contribution in [-0.2, 0) is 26.6 Å². The van der Waals surface area contributed by atoms with E-state index in [1.807, 2.05) is 39.0 Å². The molecule has 0 aliphatic rings. The Kier molecular flexibility index (Phi) is 9.52. The van der Waals surface area contributed by atoms with Gasteiger partial charge in [0.05, 0.1) is 33.3 Å². The second-order valence-electron chi connectivity index (χ2n) is 10.8. The highest BCUT2D eigenvalue weighted by Gasteiger charge is 2.29. The molecule has 5 aromatic rings. The van der Waals surface area contributed by atoms with Crippen LogP contribution in [0.15, 0.2) is 125 Å². The Balaban J connectivity index is 1.44. The number of hydrogen-bond donors (Lipinski definition) is 2. The first-order valence-corrected chi connectivity index (χ1v) is 17.6. The van der Waals surface area contributed by atoms with Gasteiger partial charge in [-0.15, -0.1) is 0 Å². The summed E-state index contributed by atoms with van der Waals surface area (Å²) in [5, 5.41) is 3.29. The second-order valence-corrected chi connectivity index (χ2v) is 14.8. The smallest absolute Gasteiger partial charge is 0.264 e. The van der Waals surface area contributed by atoms with Crippen LogP contribution in [0, 0.1) is 20.8 Å². The van der Waals surface area contributed by atoms with Crippen molar-refractivity contribution in [2.24, 2.45) is 0 Å². The number of nitrogens with one attached hydrogen (secondary N) is 2. The highest BCUT2D eigenvalue weighted by Crippen LogP contribution is 2.31. The van der Waals surface area contributed by atoms with Gasteiger partial charge in [0, 0.05) is 10.7 Å². The molecule has 0 heterocycles. The summed E-state index contributed by atoms with van der Waals surface area (Å²) < 4.78 is 58.2. The van der Waals surface area contributed by atoms with E-state index in [1.54, 1.807) is 54.6 Å². The van der Waals surface area contributed by atoms with Gasteiger partial charge in [0.25, 0.3) is 26.0 Å². The third-order valence-electron chi connectivity index (χ3n) is 7.41. The number of aryl methyl sites for hydroxylation is 3. The Labute approximate surface area is 274 Å². The largest absolute Gasteiger partial charge is 0.322 e. The molecule has 0 saturated heterocycles. The molecule has 2 N–H and O–H groups in total. The molecular weight excluding hydrogens is 642 g/mol. The summed E-state index contributed by atoms with van der Waals surface area (Å²) in [5.41, 5.74) is 4.29. The van der Waals surface area contributed by atoms with Crippen molar-refractivity contribution in [2.45, 2.75) is 37.1 Å². The van der Waals surface area contributed by atoms with E-state index in [4.69, 9.17) is 11.6 Å². The maximum Gasteiger partial charge on any atom is 0.264 e. The van der Waals surface area contributed by atoms with Crippen molar-refractivity contribution < 1.29 is 21.6 Å². The SMILES string of the molecule is Cc1ccc(S(=O)(=O)N(Cc2ccc(Cl)cc2)c2ccccc2C(=O)Nc2ccc(S(=O)(=O)Nc3c(C)cccc3C)cc2)cc1. The standard InChI is InChI=1S/C35H32ClN3O5S2/c1-24-11-19-31(20-12-24)46(43,44)39(23-27-13-15-28(36)16-14-27)33-10-5-4-9-32(33)35(40)37-29-17-21-30(22-18-29)45(41,42)38-34-25(2)7-6-8-26(34)3/h4-22,38H,23H2,1-3H3,(H,37,40). The minimum atomic E-state index is -4.12. The van der Waals surface area contributed by atoms with E-state index in [0.717, 1.165) is 16.7 Å². The minimum absolute atomic E-state index is 0.0203. The lowest BCUT2D eigenvalue weighted by molar-refractivity contribution is 0.102. The molecule has 0 fully saturated rings. The molecule has 0 saturated carbocycles. The van der Waals surface area contributed by atoms with Crippen LogP contribution < -0.4 is 14.3 Å². The molecule has 11 heteroatoms. The summed E-state index contributed by atoms with van der Waals surface area (Å²) in [6.07, 6.45) is 0. The summed E-state index contributed by atoms with van der Waals surface area (Å²) in [5.74, 6) is -0.569. The van der Waals surface area contributed by atoms with Gasteiger partial charge in [-0.3, -0.25) is 13.8 Å². The number of amides is 1. The number of benzene rings is 5. The van der Waals surface area contributed by atoms with Gasteiger partial charge in [-0.25, -0.2) is 16.8 Å². The van der Waals surface area contributed by atoms with Gasteiger partial charge in [-0.1, -0.05) is 71.8 Å². The third kappa shape index (κ3) is 7.25. The van der Waals surface area contributed by atoms with Crippen molar-refractivity contribution in [1.82, 2.24) is 0 Å². The molecule has 0 aromatic heterocycles. The van der Waals surface area contributed by atoms with Crippen molar-refractivity contribution in [2.75, 3.05) is 14.3 Å². The first-order valence-electron chi connectivity index (χ1n) is 14.3. The van der Waals surface area contributed by atoms with Crippen LogP contribution >= 0.6 is 11.6 Å². The van der Waals surface area contributed by atoms with E-state index in [1.165, 1.54) is 46.8 Å². The Morgan fingerprint density at radius 3 is 1.91 bits per heavy atom. The van der Waals surface area contributed by atoms with Crippen LogP contribution in [-0.4, -0.2) is 22.7 Å². The molecule has 0 spiro atoms. The third-order valence-corrected chi connectivity index (χ3v) is 10.8. The van der Waals surface area contributed by atoms with E-state index >= 15 is 0 Å². The van der Waals surface area contributed by atoms with Crippen LogP contribution in [0.3, 0.4) is 0 Å². The molecule has 46 heavy (non-hydrogen) atoms. The van der Waals surface area contributed by atoms with E-state index in [2.05, 4.69) is 10.0 Å². The fourth-order valence-electron chi connectivity index (χ4n) is 4.86. The van der Waals surface area contributed by atoms with E-state index in [9.17, 15) is 21.6 Å². The molecule has 0 atom stereocenters. The van der Waals surface area contributed by atoms with Gasteiger partial charge in [0.2, 0.25) is 0 Å².